The number of ketones is 1. The fourth-order valence-electron chi connectivity index (χ4n) is 2.20. The summed E-state index contributed by atoms with van der Waals surface area (Å²) in [6.45, 7) is 11.9. The highest BCUT2D eigenvalue weighted by Gasteiger charge is 2.52. The Labute approximate surface area is 121 Å². The molecule has 0 radical (unpaired) electrons. The van der Waals surface area contributed by atoms with Crippen molar-refractivity contribution in [3.05, 3.63) is 17.6 Å². The molecule has 0 aromatic carbocycles. The molecule has 1 aliphatic rings. The molecule has 5 heteroatoms. The van der Waals surface area contributed by atoms with Gasteiger partial charge in [0.15, 0.2) is 11.5 Å². The number of hydrogen-bond donors (Lipinski definition) is 0. The van der Waals surface area contributed by atoms with Crippen molar-refractivity contribution in [2.24, 2.45) is 0 Å². The van der Waals surface area contributed by atoms with Gasteiger partial charge < -0.3 is 13.7 Å². The molecule has 110 valence electrons. The fourth-order valence-corrected chi connectivity index (χ4v) is 2.20. The van der Waals surface area contributed by atoms with Crippen LogP contribution in [-0.4, -0.2) is 24.1 Å². The minimum atomic E-state index is -0.475. The van der Waals surface area contributed by atoms with Crippen molar-refractivity contribution in [1.29, 1.82) is 0 Å². The monoisotopic (exact) mass is 278 g/mol. The number of carbonyl (C=O) groups is 1. The van der Waals surface area contributed by atoms with Crippen molar-refractivity contribution >= 4 is 18.4 Å². The van der Waals surface area contributed by atoms with Crippen molar-refractivity contribution in [3.8, 4) is 0 Å². The molecule has 0 aliphatic carbocycles. The lowest BCUT2D eigenvalue weighted by Gasteiger charge is -2.32. The Hall–Kier alpha value is -1.07. The molecule has 2 heterocycles. The average Bonchev–Trinajstić information content (AvgIpc) is 2.88. The van der Waals surface area contributed by atoms with Crippen molar-refractivity contribution in [2.75, 3.05) is 0 Å². The van der Waals surface area contributed by atoms with Crippen LogP contribution in [0.5, 0.6) is 0 Å². The fraction of sp³-hybridized carbons (Fsp3) is 0.667. The van der Waals surface area contributed by atoms with E-state index in [0.29, 0.717) is 18.6 Å². The number of carbonyl (C=O) groups excluding carboxylic acids is 1. The lowest BCUT2D eigenvalue weighted by molar-refractivity contribution is 0.00578. The molecule has 1 aromatic rings. The maximum absolute atomic E-state index is 11.8. The van der Waals surface area contributed by atoms with Crippen LogP contribution in [0.4, 0.5) is 0 Å². The average molecular weight is 278 g/mol. The lowest BCUT2D eigenvalue weighted by Crippen LogP contribution is -2.41. The summed E-state index contributed by atoms with van der Waals surface area (Å²) in [6, 6.07) is 1.77. The van der Waals surface area contributed by atoms with Gasteiger partial charge in [0.2, 0.25) is 0 Å². The zero-order valence-corrected chi connectivity index (χ0v) is 13.2. The van der Waals surface area contributed by atoms with Crippen LogP contribution < -0.4 is 5.46 Å². The van der Waals surface area contributed by atoms with E-state index in [2.05, 4.69) is 0 Å². The van der Waals surface area contributed by atoms with Gasteiger partial charge in [-0.15, -0.1) is 0 Å². The summed E-state index contributed by atoms with van der Waals surface area (Å²) >= 11 is 0. The van der Waals surface area contributed by atoms with E-state index in [9.17, 15) is 4.79 Å². The number of furan rings is 1. The predicted molar refractivity (Wildman–Crippen MR) is 78.4 cm³/mol. The molecule has 1 saturated heterocycles. The van der Waals surface area contributed by atoms with Gasteiger partial charge in [-0.3, -0.25) is 4.79 Å². The zero-order chi connectivity index (χ0) is 15.1. The topological polar surface area (TPSA) is 48.7 Å². The number of aryl methyl sites for hydroxylation is 1. The molecular formula is C15H23BO4. The molecule has 0 bridgehead atoms. The number of hydrogen-bond acceptors (Lipinski definition) is 4. The SMILES string of the molecule is CCC(=O)c1cc(B2OC(C)(C)C(C)(C)O2)c(CC)o1. The Bertz CT molecular complexity index is 500. The highest BCUT2D eigenvalue weighted by Crippen LogP contribution is 2.36. The highest BCUT2D eigenvalue weighted by atomic mass is 16.7. The number of rotatable bonds is 4. The Morgan fingerprint density at radius 2 is 1.70 bits per heavy atom. The normalized spacial score (nSPS) is 20.4. The second-order valence-electron chi connectivity index (χ2n) is 6.21. The van der Waals surface area contributed by atoms with Crippen LogP contribution in [0.2, 0.25) is 0 Å². The molecule has 1 aliphatic heterocycles. The van der Waals surface area contributed by atoms with Crippen molar-refractivity contribution in [2.45, 2.75) is 65.6 Å². The summed E-state index contributed by atoms with van der Waals surface area (Å²) in [4.78, 5) is 11.8. The van der Waals surface area contributed by atoms with Crippen LogP contribution in [0.1, 0.15) is 64.3 Å². The van der Waals surface area contributed by atoms with Gasteiger partial charge >= 0.3 is 7.12 Å². The largest absolute Gasteiger partial charge is 0.498 e. The molecule has 4 nitrogen and oxygen atoms in total. The summed E-state index contributed by atoms with van der Waals surface area (Å²) < 4.78 is 17.7. The predicted octanol–water partition coefficient (Wildman–Crippen LogP) is 2.73. The first-order chi connectivity index (χ1) is 9.21. The molecule has 0 saturated carbocycles. The Morgan fingerprint density at radius 3 is 2.15 bits per heavy atom. The zero-order valence-electron chi connectivity index (χ0n) is 13.2. The van der Waals surface area contributed by atoms with Crippen LogP contribution in [0.3, 0.4) is 0 Å². The van der Waals surface area contributed by atoms with Gasteiger partial charge in [0.25, 0.3) is 0 Å². The van der Waals surface area contributed by atoms with Gasteiger partial charge in [-0.1, -0.05) is 13.8 Å². The second kappa shape index (κ2) is 5.04. The minimum Gasteiger partial charge on any atom is -0.458 e. The van der Waals surface area contributed by atoms with Gasteiger partial charge in [-0.05, 0) is 33.8 Å². The third-order valence-corrected chi connectivity index (χ3v) is 4.27. The van der Waals surface area contributed by atoms with E-state index < -0.39 is 18.3 Å². The quantitative estimate of drug-likeness (QED) is 0.627. The standard InChI is InChI=1S/C15H23BO4/c1-7-11(17)13-9-10(12(8-2)18-13)16-19-14(3,4)15(5,6)20-16/h9H,7-8H2,1-6H3. The maximum Gasteiger partial charge on any atom is 0.498 e. The molecule has 0 unspecified atom stereocenters. The first kappa shape index (κ1) is 15.3. The van der Waals surface area contributed by atoms with Crippen LogP contribution in [-0.2, 0) is 15.7 Å². The molecule has 0 spiro atoms. The third-order valence-electron chi connectivity index (χ3n) is 4.27. The van der Waals surface area contributed by atoms with Gasteiger partial charge in [-0.2, -0.15) is 0 Å². The van der Waals surface area contributed by atoms with E-state index in [1.165, 1.54) is 0 Å². The molecule has 20 heavy (non-hydrogen) atoms. The van der Waals surface area contributed by atoms with E-state index in [1.807, 2.05) is 41.5 Å². The summed E-state index contributed by atoms with van der Waals surface area (Å²) in [7, 11) is -0.475. The Balaban J connectivity index is 2.34. The minimum absolute atomic E-state index is 0.00228. The smallest absolute Gasteiger partial charge is 0.458 e. The van der Waals surface area contributed by atoms with Gasteiger partial charge in [0, 0.05) is 18.3 Å². The lowest BCUT2D eigenvalue weighted by atomic mass is 9.78. The van der Waals surface area contributed by atoms with Crippen LogP contribution in [0.15, 0.2) is 10.5 Å². The van der Waals surface area contributed by atoms with Crippen LogP contribution in [0.25, 0.3) is 0 Å². The summed E-state index contributed by atoms with van der Waals surface area (Å²) in [5.41, 5.74) is 0.0481. The maximum atomic E-state index is 11.8. The molecular weight excluding hydrogens is 255 g/mol. The summed E-state index contributed by atoms with van der Waals surface area (Å²) in [6.07, 6.45) is 1.13. The molecule has 2 rings (SSSR count). The second-order valence-corrected chi connectivity index (χ2v) is 6.21. The molecule has 0 atom stereocenters. The van der Waals surface area contributed by atoms with Crippen LogP contribution in [0, 0.1) is 0 Å². The van der Waals surface area contributed by atoms with Gasteiger partial charge in [0.05, 0.1) is 11.2 Å². The first-order valence-electron chi connectivity index (χ1n) is 7.23. The van der Waals surface area contributed by atoms with E-state index in [-0.39, 0.29) is 5.78 Å². The molecule has 1 aromatic heterocycles. The van der Waals surface area contributed by atoms with E-state index in [1.54, 1.807) is 6.07 Å². The molecule has 1 fully saturated rings. The van der Waals surface area contributed by atoms with Crippen molar-refractivity contribution < 1.29 is 18.5 Å². The summed E-state index contributed by atoms with van der Waals surface area (Å²) in [5.74, 6) is 1.16. The van der Waals surface area contributed by atoms with E-state index >= 15 is 0 Å². The van der Waals surface area contributed by atoms with E-state index in [0.717, 1.165) is 11.2 Å². The third kappa shape index (κ3) is 2.45. The molecule has 0 N–H and O–H groups in total. The van der Waals surface area contributed by atoms with Crippen molar-refractivity contribution in [3.63, 3.8) is 0 Å². The van der Waals surface area contributed by atoms with Gasteiger partial charge in [0.1, 0.15) is 5.76 Å². The Morgan fingerprint density at radius 1 is 1.15 bits per heavy atom. The van der Waals surface area contributed by atoms with Gasteiger partial charge in [-0.25, -0.2) is 0 Å². The van der Waals surface area contributed by atoms with Crippen LogP contribution >= 0.6 is 0 Å². The van der Waals surface area contributed by atoms with E-state index in [4.69, 9.17) is 13.7 Å². The van der Waals surface area contributed by atoms with Crippen molar-refractivity contribution in [1.82, 2.24) is 0 Å². The molecule has 0 amide bonds. The highest BCUT2D eigenvalue weighted by molar-refractivity contribution is 6.62. The Kier molecular flexibility index (Phi) is 3.86. The number of Topliss-reactive ketones (excluding diaryl/α,β-unsaturated/α-hetero) is 1. The first-order valence-corrected chi connectivity index (χ1v) is 7.23. The summed E-state index contributed by atoms with van der Waals surface area (Å²) in [5, 5.41) is 0.